The third-order valence-corrected chi connectivity index (χ3v) is 6.68. The van der Waals surface area contributed by atoms with E-state index in [4.69, 9.17) is 0 Å². The first-order valence-corrected chi connectivity index (χ1v) is 10.1. The molecule has 0 radical (unpaired) electrons. The molecule has 2 N–H and O–H groups in total. The van der Waals surface area contributed by atoms with Gasteiger partial charge in [-0.3, -0.25) is 4.79 Å². The van der Waals surface area contributed by atoms with Gasteiger partial charge in [-0.15, -0.1) is 0 Å². The summed E-state index contributed by atoms with van der Waals surface area (Å²) in [5, 5.41) is 22.0. The Balaban J connectivity index is 1.74. The number of rotatable bonds is 7. The van der Waals surface area contributed by atoms with Crippen LogP contribution in [-0.2, 0) is 4.79 Å². The number of nitrogens with zero attached hydrogens (tertiary/aromatic N) is 1. The Morgan fingerprint density at radius 2 is 2.11 bits per heavy atom. The van der Waals surface area contributed by atoms with Crippen molar-refractivity contribution in [2.24, 2.45) is 17.3 Å². The van der Waals surface area contributed by atoms with E-state index in [1.165, 1.54) is 0 Å². The normalized spacial score (nSPS) is 30.3. The summed E-state index contributed by atoms with van der Waals surface area (Å²) in [7, 11) is 3.58. The Labute approximate surface area is 162 Å². The van der Waals surface area contributed by atoms with Gasteiger partial charge in [0.1, 0.15) is 0 Å². The summed E-state index contributed by atoms with van der Waals surface area (Å²) in [6, 6.07) is 7.98. The molecule has 2 aliphatic rings. The molecule has 1 aromatic carbocycles. The summed E-state index contributed by atoms with van der Waals surface area (Å²) in [5.41, 5.74) is 1.93. The van der Waals surface area contributed by atoms with Crippen LogP contribution in [0.15, 0.2) is 36.4 Å². The molecule has 1 fully saturated rings. The van der Waals surface area contributed by atoms with Gasteiger partial charge < -0.3 is 15.1 Å². The molecule has 4 heteroatoms. The van der Waals surface area contributed by atoms with Gasteiger partial charge in [0.25, 0.3) is 0 Å². The first-order chi connectivity index (χ1) is 12.8. The van der Waals surface area contributed by atoms with Gasteiger partial charge in [0.15, 0.2) is 0 Å². The van der Waals surface area contributed by atoms with E-state index in [-0.39, 0.29) is 17.2 Å². The molecular formula is C23H33NO3. The number of benzene rings is 1. The second-order valence-corrected chi connectivity index (χ2v) is 8.66. The van der Waals surface area contributed by atoms with Crippen LogP contribution >= 0.6 is 0 Å². The van der Waals surface area contributed by atoms with Crippen molar-refractivity contribution in [3.63, 3.8) is 0 Å². The highest BCUT2D eigenvalue weighted by Crippen LogP contribution is 2.60. The molecule has 0 bridgehead atoms. The summed E-state index contributed by atoms with van der Waals surface area (Å²) in [6.45, 7) is 2.03. The lowest BCUT2D eigenvalue weighted by atomic mass is 9.66. The third-order valence-electron chi connectivity index (χ3n) is 6.68. The van der Waals surface area contributed by atoms with E-state index >= 15 is 0 Å². The van der Waals surface area contributed by atoms with E-state index in [1.807, 2.05) is 31.2 Å². The van der Waals surface area contributed by atoms with Crippen LogP contribution in [0.25, 0.3) is 0 Å². The van der Waals surface area contributed by atoms with Crippen molar-refractivity contribution in [3.05, 3.63) is 47.5 Å². The number of carbonyl (C=O) groups is 1. The van der Waals surface area contributed by atoms with Crippen LogP contribution in [0.4, 0.5) is 0 Å². The number of hydrogen-bond donors (Lipinski definition) is 2. The first kappa shape index (κ1) is 20.1. The number of aryl methyl sites for hydroxylation is 1. The smallest absolute Gasteiger partial charge is 0.222 e. The summed E-state index contributed by atoms with van der Waals surface area (Å²) < 4.78 is 0. The zero-order valence-corrected chi connectivity index (χ0v) is 16.8. The zero-order chi connectivity index (χ0) is 19.6. The molecular weight excluding hydrogens is 338 g/mol. The molecule has 3 rings (SSSR count). The average molecular weight is 372 g/mol. The van der Waals surface area contributed by atoms with Crippen LogP contribution in [-0.4, -0.2) is 41.2 Å². The second kappa shape index (κ2) is 8.15. The molecule has 5 atom stereocenters. The minimum absolute atomic E-state index is 0.0935. The number of fused-ring (bicyclic) bond motifs is 1. The number of unbranched alkanes of at least 4 members (excludes halogenated alkanes) is 1. The maximum absolute atomic E-state index is 11.8. The number of carbonyl (C=O) groups excluding carboxylic acids is 1. The van der Waals surface area contributed by atoms with E-state index in [9.17, 15) is 15.0 Å². The Morgan fingerprint density at radius 3 is 2.81 bits per heavy atom. The van der Waals surface area contributed by atoms with Gasteiger partial charge in [0.2, 0.25) is 5.91 Å². The van der Waals surface area contributed by atoms with Gasteiger partial charge in [-0.1, -0.05) is 48.4 Å². The largest absolute Gasteiger partial charge is 0.393 e. The van der Waals surface area contributed by atoms with E-state index < -0.39 is 12.2 Å². The molecule has 0 spiro atoms. The van der Waals surface area contributed by atoms with Crippen LogP contribution in [0, 0.1) is 24.2 Å². The van der Waals surface area contributed by atoms with Gasteiger partial charge in [-0.25, -0.2) is 0 Å². The minimum Gasteiger partial charge on any atom is -0.393 e. The molecule has 1 aromatic rings. The number of amides is 1. The molecule has 0 aromatic heterocycles. The summed E-state index contributed by atoms with van der Waals surface area (Å²) in [5.74, 6) is 0.321. The summed E-state index contributed by atoms with van der Waals surface area (Å²) in [6.07, 6.45) is 8.24. The van der Waals surface area contributed by atoms with Crippen molar-refractivity contribution in [2.45, 2.75) is 57.7 Å². The molecule has 27 heavy (non-hydrogen) atoms. The predicted molar refractivity (Wildman–Crippen MR) is 107 cm³/mol. The molecule has 148 valence electrons. The Bertz CT molecular complexity index is 699. The summed E-state index contributed by atoms with van der Waals surface area (Å²) in [4.78, 5) is 13.5. The molecule has 0 aliphatic heterocycles. The number of hydrogen-bond acceptors (Lipinski definition) is 3. The van der Waals surface area contributed by atoms with Crippen molar-refractivity contribution in [2.75, 3.05) is 14.1 Å². The van der Waals surface area contributed by atoms with E-state index in [0.29, 0.717) is 12.3 Å². The lowest BCUT2D eigenvalue weighted by Crippen LogP contribution is -2.36. The van der Waals surface area contributed by atoms with Crippen molar-refractivity contribution in [1.29, 1.82) is 0 Å². The Hall–Kier alpha value is -1.65. The fourth-order valence-electron chi connectivity index (χ4n) is 5.28. The van der Waals surface area contributed by atoms with E-state index in [1.54, 1.807) is 19.0 Å². The number of aliphatic hydroxyl groups excluding tert-OH is 2. The molecule has 1 saturated carbocycles. The fourth-order valence-corrected chi connectivity index (χ4v) is 5.28. The highest BCUT2D eigenvalue weighted by molar-refractivity contribution is 5.75. The Kier molecular flexibility index (Phi) is 6.07. The van der Waals surface area contributed by atoms with Crippen LogP contribution in [0.3, 0.4) is 0 Å². The average Bonchev–Trinajstić information content (AvgIpc) is 3.12. The maximum Gasteiger partial charge on any atom is 0.222 e. The topological polar surface area (TPSA) is 60.8 Å². The van der Waals surface area contributed by atoms with Crippen molar-refractivity contribution >= 4 is 5.91 Å². The molecule has 0 unspecified atom stereocenters. The van der Waals surface area contributed by atoms with Gasteiger partial charge in [-0.2, -0.15) is 0 Å². The van der Waals surface area contributed by atoms with Gasteiger partial charge in [0, 0.05) is 26.4 Å². The van der Waals surface area contributed by atoms with Crippen LogP contribution in [0.1, 0.15) is 55.8 Å². The SMILES string of the molecule is Cc1cccc([C@@H](O)[C@H]2[C@H](O)C[C@H]3C=CC[C@]23CCCCC(=O)N(C)C)c1. The predicted octanol–water partition coefficient (Wildman–Crippen LogP) is 3.62. The molecule has 0 heterocycles. The number of aliphatic hydroxyl groups is 2. The van der Waals surface area contributed by atoms with Crippen LogP contribution < -0.4 is 0 Å². The first-order valence-electron chi connectivity index (χ1n) is 10.1. The van der Waals surface area contributed by atoms with Gasteiger partial charge >= 0.3 is 0 Å². The van der Waals surface area contributed by atoms with Crippen LogP contribution in [0.5, 0.6) is 0 Å². The summed E-state index contributed by atoms with van der Waals surface area (Å²) >= 11 is 0. The third kappa shape index (κ3) is 3.97. The zero-order valence-electron chi connectivity index (χ0n) is 16.8. The van der Waals surface area contributed by atoms with E-state index in [2.05, 4.69) is 12.2 Å². The quantitative estimate of drug-likeness (QED) is 0.568. The lowest BCUT2D eigenvalue weighted by molar-refractivity contribution is -0.128. The molecule has 4 nitrogen and oxygen atoms in total. The number of allylic oxidation sites excluding steroid dienone is 2. The standard InChI is InChI=1S/C23H33NO3/c1-16-8-6-9-17(14-16)22(27)21-19(25)15-18-10-7-13-23(18,21)12-5-4-11-20(26)24(2)3/h6-10,14,18-19,21-22,25,27H,4-5,11-13,15H2,1-3H3/t18-,19-,21-,22-,23+/m1/s1. The van der Waals surface area contributed by atoms with E-state index in [0.717, 1.165) is 43.2 Å². The van der Waals surface area contributed by atoms with Gasteiger partial charge in [0.05, 0.1) is 12.2 Å². The second-order valence-electron chi connectivity index (χ2n) is 8.66. The molecule has 2 aliphatic carbocycles. The molecule has 1 amide bonds. The van der Waals surface area contributed by atoms with Crippen molar-refractivity contribution in [3.8, 4) is 0 Å². The lowest BCUT2D eigenvalue weighted by Gasteiger charge is -2.39. The highest BCUT2D eigenvalue weighted by atomic mass is 16.3. The highest BCUT2D eigenvalue weighted by Gasteiger charge is 2.56. The van der Waals surface area contributed by atoms with Crippen molar-refractivity contribution < 1.29 is 15.0 Å². The molecule has 0 saturated heterocycles. The fraction of sp³-hybridized carbons (Fsp3) is 0.609. The van der Waals surface area contributed by atoms with Crippen molar-refractivity contribution in [1.82, 2.24) is 4.90 Å². The van der Waals surface area contributed by atoms with Gasteiger partial charge in [-0.05, 0) is 49.5 Å². The minimum atomic E-state index is -0.659. The monoisotopic (exact) mass is 371 g/mol. The van der Waals surface area contributed by atoms with Crippen LogP contribution in [0.2, 0.25) is 0 Å². The Morgan fingerprint density at radius 1 is 1.33 bits per heavy atom. The maximum atomic E-state index is 11.8.